The number of carbonyl (C=O) groups excluding carboxylic acids is 1. The number of aromatic nitrogens is 3. The van der Waals surface area contributed by atoms with E-state index in [0.717, 1.165) is 51.0 Å². The molecule has 0 amide bonds. The van der Waals surface area contributed by atoms with Crippen LogP contribution >= 0.6 is 45.6 Å². The standard InChI is InChI=1S/C22H22ClN5OS3/c1-28(12-14-9-26-22(23)30-14)7-4-13(29)8-18-20(15-2-5-25-11-19(15)31-18)21-27-16-10-24-6-3-17(16)32-21/h3,6,9-10,25H,2,4-5,7-8,11-12H2,1H3. The molecule has 5 heterocycles. The maximum atomic E-state index is 12.9. The molecule has 0 radical (unpaired) electrons. The van der Waals surface area contributed by atoms with Crippen LogP contribution in [0.1, 0.15) is 26.6 Å². The summed E-state index contributed by atoms with van der Waals surface area (Å²) in [4.78, 5) is 31.8. The number of Topliss-reactive ketones (excluding diaryl/α,β-unsaturated/α-hetero) is 1. The van der Waals surface area contributed by atoms with Gasteiger partial charge in [0.25, 0.3) is 0 Å². The van der Waals surface area contributed by atoms with Gasteiger partial charge in [-0.3, -0.25) is 9.78 Å². The Morgan fingerprint density at radius 1 is 1.28 bits per heavy atom. The number of fused-ring (bicyclic) bond motifs is 2. The normalized spacial score (nSPS) is 13.7. The van der Waals surface area contributed by atoms with Gasteiger partial charge in [-0.1, -0.05) is 11.6 Å². The summed E-state index contributed by atoms with van der Waals surface area (Å²) in [6, 6.07) is 2.01. The molecule has 1 N–H and O–H groups in total. The van der Waals surface area contributed by atoms with E-state index >= 15 is 0 Å². The first-order chi connectivity index (χ1) is 15.6. The molecule has 0 aromatic carbocycles. The van der Waals surface area contributed by atoms with Crippen molar-refractivity contribution in [1.82, 2.24) is 25.2 Å². The molecule has 4 aromatic heterocycles. The van der Waals surface area contributed by atoms with Crippen LogP contribution < -0.4 is 5.32 Å². The quantitative estimate of drug-likeness (QED) is 0.372. The minimum absolute atomic E-state index is 0.259. The highest BCUT2D eigenvalue weighted by Gasteiger charge is 2.25. The van der Waals surface area contributed by atoms with Crippen LogP contribution in [0.3, 0.4) is 0 Å². The predicted octanol–water partition coefficient (Wildman–Crippen LogP) is 4.81. The van der Waals surface area contributed by atoms with Crippen molar-refractivity contribution in [2.24, 2.45) is 0 Å². The highest BCUT2D eigenvalue weighted by molar-refractivity contribution is 7.22. The van der Waals surface area contributed by atoms with E-state index in [-0.39, 0.29) is 5.78 Å². The van der Waals surface area contributed by atoms with E-state index in [1.54, 1.807) is 35.1 Å². The lowest BCUT2D eigenvalue weighted by atomic mass is 10.0. The maximum Gasteiger partial charge on any atom is 0.183 e. The number of hydrogen-bond donors (Lipinski definition) is 1. The summed E-state index contributed by atoms with van der Waals surface area (Å²) < 4.78 is 1.68. The monoisotopic (exact) mass is 503 g/mol. The topological polar surface area (TPSA) is 71.0 Å². The lowest BCUT2D eigenvalue weighted by Gasteiger charge is -2.14. The largest absolute Gasteiger partial charge is 0.312 e. The molecule has 10 heteroatoms. The van der Waals surface area contributed by atoms with Gasteiger partial charge in [0.05, 0.1) is 10.9 Å². The lowest BCUT2D eigenvalue weighted by Crippen LogP contribution is -2.22. The number of pyridine rings is 1. The molecule has 1 aliphatic rings. The molecule has 6 nitrogen and oxygen atoms in total. The number of nitrogens with zero attached hydrogens (tertiary/aromatic N) is 4. The molecule has 0 spiro atoms. The van der Waals surface area contributed by atoms with Crippen molar-refractivity contribution in [3.8, 4) is 10.6 Å². The summed E-state index contributed by atoms with van der Waals surface area (Å²) in [6.45, 7) is 3.29. The van der Waals surface area contributed by atoms with Crippen molar-refractivity contribution in [1.29, 1.82) is 0 Å². The molecule has 4 aromatic rings. The summed E-state index contributed by atoms with van der Waals surface area (Å²) in [6.07, 6.45) is 7.37. The van der Waals surface area contributed by atoms with E-state index in [9.17, 15) is 4.79 Å². The first-order valence-electron chi connectivity index (χ1n) is 10.4. The third-order valence-electron chi connectivity index (χ3n) is 5.49. The van der Waals surface area contributed by atoms with E-state index in [1.165, 1.54) is 27.3 Å². The Kier molecular flexibility index (Phi) is 6.64. The van der Waals surface area contributed by atoms with Gasteiger partial charge in [0.1, 0.15) is 16.3 Å². The van der Waals surface area contributed by atoms with E-state index < -0.39 is 0 Å². The molecular weight excluding hydrogens is 482 g/mol. The zero-order valence-electron chi connectivity index (χ0n) is 17.6. The number of ketones is 1. The van der Waals surface area contributed by atoms with Crippen molar-refractivity contribution >= 4 is 61.6 Å². The number of carbonyl (C=O) groups is 1. The van der Waals surface area contributed by atoms with Crippen molar-refractivity contribution in [2.45, 2.75) is 32.4 Å². The lowest BCUT2D eigenvalue weighted by molar-refractivity contribution is -0.118. The number of thiazole rings is 2. The summed E-state index contributed by atoms with van der Waals surface area (Å²) in [5.74, 6) is 0.259. The van der Waals surface area contributed by atoms with Crippen molar-refractivity contribution in [3.05, 3.63) is 49.3 Å². The minimum Gasteiger partial charge on any atom is -0.312 e. The average molecular weight is 504 g/mol. The zero-order valence-corrected chi connectivity index (χ0v) is 20.8. The number of rotatable bonds is 8. The van der Waals surface area contributed by atoms with E-state index in [2.05, 4.69) is 20.2 Å². The molecule has 0 atom stereocenters. The van der Waals surface area contributed by atoms with Gasteiger partial charge < -0.3 is 10.2 Å². The summed E-state index contributed by atoms with van der Waals surface area (Å²) in [7, 11) is 2.02. The Morgan fingerprint density at radius 3 is 3.00 bits per heavy atom. The average Bonchev–Trinajstić information content (AvgIpc) is 3.48. The fourth-order valence-electron chi connectivity index (χ4n) is 3.94. The Labute approximate surface area is 203 Å². The molecule has 0 aliphatic carbocycles. The predicted molar refractivity (Wildman–Crippen MR) is 133 cm³/mol. The number of thiophene rings is 1. The summed E-state index contributed by atoms with van der Waals surface area (Å²) >= 11 is 10.9. The minimum atomic E-state index is 0.259. The van der Waals surface area contributed by atoms with E-state index in [0.29, 0.717) is 23.9 Å². The van der Waals surface area contributed by atoms with Crippen molar-refractivity contribution in [3.63, 3.8) is 0 Å². The van der Waals surface area contributed by atoms with Crippen LogP contribution in [0.15, 0.2) is 24.7 Å². The molecule has 32 heavy (non-hydrogen) atoms. The smallest absolute Gasteiger partial charge is 0.183 e. The molecule has 0 saturated carbocycles. The van der Waals surface area contributed by atoms with Crippen molar-refractivity contribution < 1.29 is 4.79 Å². The van der Waals surface area contributed by atoms with Gasteiger partial charge in [0.2, 0.25) is 0 Å². The van der Waals surface area contributed by atoms with Gasteiger partial charge >= 0.3 is 0 Å². The van der Waals surface area contributed by atoms with Crippen LogP contribution in [0.2, 0.25) is 4.47 Å². The number of halogens is 1. The van der Waals surface area contributed by atoms with Gasteiger partial charge in [0.15, 0.2) is 4.47 Å². The second-order valence-corrected chi connectivity index (χ2v) is 11.8. The van der Waals surface area contributed by atoms with Gasteiger partial charge in [-0.15, -0.1) is 34.0 Å². The fourth-order valence-corrected chi connectivity index (χ4v) is 7.45. The molecule has 5 rings (SSSR count). The molecule has 0 unspecified atom stereocenters. The summed E-state index contributed by atoms with van der Waals surface area (Å²) in [5, 5.41) is 4.46. The third-order valence-corrected chi connectivity index (χ3v) is 8.87. The molecule has 0 fully saturated rings. The highest BCUT2D eigenvalue weighted by Crippen LogP contribution is 2.41. The summed E-state index contributed by atoms with van der Waals surface area (Å²) in [5.41, 5.74) is 3.47. The molecule has 166 valence electrons. The zero-order chi connectivity index (χ0) is 22.1. The third kappa shape index (κ3) is 4.78. The second-order valence-electron chi connectivity index (χ2n) is 7.87. The van der Waals surface area contributed by atoms with Crippen LogP contribution in [0.5, 0.6) is 0 Å². The van der Waals surface area contributed by atoms with Crippen LogP contribution in [-0.4, -0.2) is 45.8 Å². The Hall–Kier alpha value is -1.75. The molecular formula is C22H22ClN5OS3. The number of nitrogens with one attached hydrogen (secondary N) is 1. The first kappa shape index (κ1) is 22.1. The first-order valence-corrected chi connectivity index (χ1v) is 13.2. The molecule has 0 bridgehead atoms. The van der Waals surface area contributed by atoms with Crippen LogP contribution in [-0.2, 0) is 30.7 Å². The van der Waals surface area contributed by atoms with Crippen molar-refractivity contribution in [2.75, 3.05) is 20.1 Å². The van der Waals surface area contributed by atoms with E-state index in [4.69, 9.17) is 16.6 Å². The Balaban J connectivity index is 1.33. The fraction of sp³-hybridized carbons (Fsp3) is 0.364. The number of hydrogen-bond acceptors (Lipinski definition) is 9. The van der Waals surface area contributed by atoms with Crippen LogP contribution in [0.4, 0.5) is 0 Å². The van der Waals surface area contributed by atoms with Gasteiger partial charge in [-0.2, -0.15) is 0 Å². The van der Waals surface area contributed by atoms with Gasteiger partial charge in [-0.05, 0) is 31.6 Å². The molecule has 1 aliphatic heterocycles. The maximum absolute atomic E-state index is 12.9. The Bertz CT molecular complexity index is 1230. The highest BCUT2D eigenvalue weighted by atomic mass is 35.5. The van der Waals surface area contributed by atoms with E-state index in [1.807, 2.05) is 19.3 Å². The Morgan fingerprint density at radius 2 is 2.19 bits per heavy atom. The van der Waals surface area contributed by atoms with Crippen LogP contribution in [0, 0.1) is 0 Å². The second kappa shape index (κ2) is 9.62. The molecule has 0 saturated heterocycles. The van der Waals surface area contributed by atoms with Gasteiger partial charge in [0, 0.05) is 65.1 Å². The van der Waals surface area contributed by atoms with Gasteiger partial charge in [-0.25, -0.2) is 9.97 Å². The van der Waals surface area contributed by atoms with Crippen LogP contribution in [0.25, 0.3) is 20.8 Å². The SMILES string of the molecule is CN(CCC(=O)Cc1sc2c(c1-c1nc3cnccc3s1)CCNC2)Cc1cnc(Cl)s1.